The number of nitriles is 1. The van der Waals surface area contributed by atoms with E-state index >= 15 is 0 Å². The largest absolute Gasteiger partial charge is 0.377 e. The highest BCUT2D eigenvalue weighted by Gasteiger charge is 2.44. The van der Waals surface area contributed by atoms with Crippen molar-refractivity contribution in [3.8, 4) is 6.07 Å². The summed E-state index contributed by atoms with van der Waals surface area (Å²) in [6.07, 6.45) is 0. The topological polar surface area (TPSA) is 63.2 Å². The van der Waals surface area contributed by atoms with Gasteiger partial charge in [-0.3, -0.25) is 0 Å². The zero-order valence-electron chi connectivity index (χ0n) is 8.84. The first-order valence-corrected chi connectivity index (χ1v) is 5.07. The molecular weight excluding hydrogens is 204 g/mol. The third-order valence-electron chi connectivity index (χ3n) is 2.89. The Hall–Kier alpha value is -1.93. The molecule has 0 aromatic carbocycles. The molecule has 0 radical (unpaired) electrons. The van der Waals surface area contributed by atoms with Crippen LogP contribution in [0.2, 0.25) is 0 Å². The van der Waals surface area contributed by atoms with Crippen molar-refractivity contribution >= 4 is 5.65 Å². The second-order valence-corrected chi connectivity index (χ2v) is 4.06. The van der Waals surface area contributed by atoms with Gasteiger partial charge in [0.25, 0.3) is 0 Å². The standard InChI is InChI=1S/C11H10N4O/c1-8-3-2-4-9-13-10(14-15(8)9)11(5-12)6-16-7-11/h2-4H,6-7H2,1H3. The van der Waals surface area contributed by atoms with Crippen LogP contribution in [0.4, 0.5) is 0 Å². The van der Waals surface area contributed by atoms with Gasteiger partial charge in [-0.1, -0.05) is 6.07 Å². The van der Waals surface area contributed by atoms with Crippen LogP contribution in [-0.4, -0.2) is 27.8 Å². The third-order valence-corrected chi connectivity index (χ3v) is 2.89. The van der Waals surface area contributed by atoms with Gasteiger partial charge in [-0.15, -0.1) is 5.10 Å². The highest BCUT2D eigenvalue weighted by atomic mass is 16.5. The van der Waals surface area contributed by atoms with Crippen LogP contribution in [-0.2, 0) is 10.2 Å². The van der Waals surface area contributed by atoms with Crippen molar-refractivity contribution in [3.05, 3.63) is 29.7 Å². The molecule has 80 valence electrons. The lowest BCUT2D eigenvalue weighted by Gasteiger charge is -2.31. The second-order valence-electron chi connectivity index (χ2n) is 4.06. The van der Waals surface area contributed by atoms with Crippen LogP contribution in [0.15, 0.2) is 18.2 Å². The zero-order chi connectivity index (χ0) is 11.2. The summed E-state index contributed by atoms with van der Waals surface area (Å²) in [5.41, 5.74) is 1.14. The van der Waals surface area contributed by atoms with Crippen molar-refractivity contribution in [1.29, 1.82) is 5.26 Å². The molecule has 3 rings (SSSR count). The predicted molar refractivity (Wildman–Crippen MR) is 55.8 cm³/mol. The lowest BCUT2D eigenvalue weighted by Crippen LogP contribution is -2.46. The molecule has 0 unspecified atom stereocenters. The Labute approximate surface area is 92.3 Å². The van der Waals surface area contributed by atoms with Gasteiger partial charge >= 0.3 is 0 Å². The Morgan fingerprint density at radius 3 is 2.88 bits per heavy atom. The molecule has 1 saturated heterocycles. The first kappa shape index (κ1) is 9.31. The minimum Gasteiger partial charge on any atom is -0.377 e. The molecule has 0 N–H and O–H groups in total. The van der Waals surface area contributed by atoms with Gasteiger partial charge in [-0.2, -0.15) is 5.26 Å². The number of ether oxygens (including phenoxy) is 1. The summed E-state index contributed by atoms with van der Waals surface area (Å²) in [5, 5.41) is 13.5. The molecule has 0 spiro atoms. The number of nitrogens with zero attached hydrogens (tertiary/aromatic N) is 4. The smallest absolute Gasteiger partial charge is 0.176 e. The minimum absolute atomic E-state index is 0.388. The number of rotatable bonds is 1. The fourth-order valence-electron chi connectivity index (χ4n) is 1.79. The van der Waals surface area contributed by atoms with Gasteiger partial charge in [0.15, 0.2) is 16.9 Å². The fourth-order valence-corrected chi connectivity index (χ4v) is 1.79. The van der Waals surface area contributed by atoms with E-state index in [2.05, 4.69) is 16.2 Å². The summed E-state index contributed by atoms with van der Waals surface area (Å²) in [6, 6.07) is 8.02. The maximum Gasteiger partial charge on any atom is 0.176 e. The molecule has 1 fully saturated rings. The number of fused-ring (bicyclic) bond motifs is 1. The number of hydrogen-bond acceptors (Lipinski definition) is 4. The van der Waals surface area contributed by atoms with Crippen molar-refractivity contribution in [2.24, 2.45) is 0 Å². The van der Waals surface area contributed by atoms with Gasteiger partial charge < -0.3 is 4.74 Å². The molecule has 1 aliphatic heterocycles. The summed E-state index contributed by atoms with van der Waals surface area (Å²) in [7, 11) is 0. The average Bonchev–Trinajstić information content (AvgIpc) is 2.62. The SMILES string of the molecule is Cc1cccc2nc(C3(C#N)COC3)nn12. The molecule has 0 atom stereocenters. The van der Waals surface area contributed by atoms with E-state index in [9.17, 15) is 0 Å². The second kappa shape index (κ2) is 3.03. The summed E-state index contributed by atoms with van der Waals surface area (Å²) < 4.78 is 6.85. The van der Waals surface area contributed by atoms with Crippen LogP contribution in [0, 0.1) is 18.3 Å². The molecule has 5 heteroatoms. The highest BCUT2D eigenvalue weighted by Crippen LogP contribution is 2.29. The molecule has 2 aromatic rings. The van der Waals surface area contributed by atoms with Crippen LogP contribution >= 0.6 is 0 Å². The Bertz CT molecular complexity index is 592. The van der Waals surface area contributed by atoms with Crippen LogP contribution in [0.25, 0.3) is 5.65 Å². The number of pyridine rings is 1. The summed E-state index contributed by atoms with van der Waals surface area (Å²) in [4.78, 5) is 4.39. The molecule has 1 aliphatic rings. The van der Waals surface area contributed by atoms with Gasteiger partial charge in [0.2, 0.25) is 0 Å². The summed E-state index contributed by atoms with van der Waals surface area (Å²) >= 11 is 0. The molecule has 5 nitrogen and oxygen atoms in total. The quantitative estimate of drug-likeness (QED) is 0.705. The number of aromatic nitrogens is 3. The number of hydrogen-bond donors (Lipinski definition) is 0. The van der Waals surface area contributed by atoms with Crippen LogP contribution in [0.5, 0.6) is 0 Å². The van der Waals surface area contributed by atoms with Gasteiger partial charge in [0.1, 0.15) is 0 Å². The Balaban J connectivity index is 2.20. The lowest BCUT2D eigenvalue weighted by molar-refractivity contribution is -0.0338. The number of aryl methyl sites for hydroxylation is 1. The molecule has 0 saturated carbocycles. The molecule has 0 bridgehead atoms. The van der Waals surface area contributed by atoms with E-state index in [0.29, 0.717) is 19.0 Å². The predicted octanol–water partition coefficient (Wildman–Crippen LogP) is 0.829. The Morgan fingerprint density at radius 2 is 2.31 bits per heavy atom. The van der Waals surface area contributed by atoms with Crippen molar-refractivity contribution in [2.75, 3.05) is 13.2 Å². The van der Waals surface area contributed by atoms with Gasteiger partial charge in [0, 0.05) is 5.69 Å². The first-order valence-electron chi connectivity index (χ1n) is 5.07. The monoisotopic (exact) mass is 214 g/mol. The van der Waals surface area contributed by atoms with Crippen molar-refractivity contribution < 1.29 is 4.74 Å². The van der Waals surface area contributed by atoms with Crippen LogP contribution in [0.1, 0.15) is 11.5 Å². The van der Waals surface area contributed by atoms with E-state index in [1.54, 1.807) is 4.52 Å². The molecule has 2 aromatic heterocycles. The molecule has 16 heavy (non-hydrogen) atoms. The van der Waals surface area contributed by atoms with Crippen molar-refractivity contribution in [2.45, 2.75) is 12.3 Å². The maximum absolute atomic E-state index is 9.17. The third kappa shape index (κ3) is 1.08. The Morgan fingerprint density at radius 1 is 1.50 bits per heavy atom. The molecular formula is C11H10N4O. The van der Waals surface area contributed by atoms with Crippen molar-refractivity contribution in [3.63, 3.8) is 0 Å². The van der Waals surface area contributed by atoms with E-state index in [4.69, 9.17) is 10.00 Å². The Kier molecular flexibility index (Phi) is 1.76. The maximum atomic E-state index is 9.17. The van der Waals surface area contributed by atoms with E-state index in [1.165, 1.54) is 0 Å². The van der Waals surface area contributed by atoms with E-state index in [1.807, 2.05) is 25.1 Å². The summed E-state index contributed by atoms with van der Waals surface area (Å²) in [6.45, 7) is 2.74. The normalized spacial score (nSPS) is 18.0. The zero-order valence-corrected chi connectivity index (χ0v) is 8.84. The molecule has 0 amide bonds. The van der Waals surface area contributed by atoms with E-state index in [-0.39, 0.29) is 0 Å². The van der Waals surface area contributed by atoms with Gasteiger partial charge in [-0.05, 0) is 19.1 Å². The van der Waals surface area contributed by atoms with E-state index < -0.39 is 5.41 Å². The summed E-state index contributed by atoms with van der Waals surface area (Å²) in [5.74, 6) is 0.565. The first-order chi connectivity index (χ1) is 7.75. The van der Waals surface area contributed by atoms with Gasteiger partial charge in [0.05, 0.1) is 19.3 Å². The minimum atomic E-state index is -0.640. The molecule has 0 aliphatic carbocycles. The van der Waals surface area contributed by atoms with Crippen LogP contribution < -0.4 is 0 Å². The van der Waals surface area contributed by atoms with E-state index in [0.717, 1.165) is 11.3 Å². The van der Waals surface area contributed by atoms with Crippen molar-refractivity contribution in [1.82, 2.24) is 14.6 Å². The highest BCUT2D eigenvalue weighted by molar-refractivity contribution is 5.41. The van der Waals surface area contributed by atoms with Crippen LogP contribution in [0.3, 0.4) is 0 Å². The molecule has 3 heterocycles. The fraction of sp³-hybridized carbons (Fsp3) is 0.364. The van der Waals surface area contributed by atoms with Gasteiger partial charge in [-0.25, -0.2) is 9.50 Å². The average molecular weight is 214 g/mol. The lowest BCUT2D eigenvalue weighted by atomic mass is 9.87.